The number of H-pyrrole nitrogens is 1. The number of aryl methyl sites for hydroxylation is 1. The Morgan fingerprint density at radius 3 is 2.75 bits per heavy atom. The van der Waals surface area contributed by atoms with Gasteiger partial charge >= 0.3 is 0 Å². The summed E-state index contributed by atoms with van der Waals surface area (Å²) in [6.07, 6.45) is 3.94. The molecule has 0 aliphatic rings. The van der Waals surface area contributed by atoms with E-state index in [0.717, 1.165) is 41.5 Å². The average Bonchev–Trinajstić information content (AvgIpc) is 2.75. The molecule has 1 unspecified atom stereocenters. The molecule has 1 amide bonds. The monoisotopic (exact) mass is 272 g/mol. The summed E-state index contributed by atoms with van der Waals surface area (Å²) in [5, 5.41) is 4.17. The van der Waals surface area contributed by atoms with Crippen LogP contribution in [0, 0.1) is 12.8 Å². The van der Waals surface area contributed by atoms with Crippen LogP contribution in [-0.2, 0) is 4.79 Å². The van der Waals surface area contributed by atoms with E-state index in [1.54, 1.807) is 0 Å². The molecular weight excluding hydrogens is 248 g/mol. The number of nitrogens with one attached hydrogen (secondary N) is 2. The number of rotatable bonds is 6. The molecule has 1 aromatic heterocycles. The molecule has 0 aliphatic carbocycles. The van der Waals surface area contributed by atoms with Crippen LogP contribution in [0.3, 0.4) is 0 Å². The quantitative estimate of drug-likeness (QED) is 0.791. The summed E-state index contributed by atoms with van der Waals surface area (Å²) in [4.78, 5) is 15.5. The molecular formula is C17H24N2O. The highest BCUT2D eigenvalue weighted by Crippen LogP contribution is 2.27. The van der Waals surface area contributed by atoms with Gasteiger partial charge in [-0.1, -0.05) is 51.3 Å². The van der Waals surface area contributed by atoms with E-state index in [4.69, 9.17) is 0 Å². The van der Waals surface area contributed by atoms with Crippen LogP contribution in [0.2, 0.25) is 0 Å². The van der Waals surface area contributed by atoms with Crippen molar-refractivity contribution in [1.82, 2.24) is 4.98 Å². The number of benzene rings is 1. The predicted octanol–water partition coefficient (Wildman–Crippen LogP) is 4.63. The summed E-state index contributed by atoms with van der Waals surface area (Å²) < 4.78 is 0. The van der Waals surface area contributed by atoms with Crippen LogP contribution in [0.25, 0.3) is 10.9 Å². The molecule has 0 saturated heterocycles. The fourth-order valence-electron chi connectivity index (χ4n) is 2.75. The number of carbonyl (C=O) groups is 1. The zero-order chi connectivity index (χ0) is 14.5. The second kappa shape index (κ2) is 6.60. The van der Waals surface area contributed by atoms with Crippen LogP contribution in [0.5, 0.6) is 0 Å². The molecule has 0 radical (unpaired) electrons. The lowest BCUT2D eigenvalue weighted by atomic mass is 9.96. The Bertz CT molecular complexity index is 586. The Morgan fingerprint density at radius 2 is 2.05 bits per heavy atom. The number of para-hydroxylation sites is 1. The highest BCUT2D eigenvalue weighted by molar-refractivity contribution is 6.03. The van der Waals surface area contributed by atoms with Crippen LogP contribution >= 0.6 is 0 Å². The Hall–Kier alpha value is -1.77. The number of fused-ring (bicyclic) bond motifs is 1. The summed E-state index contributed by atoms with van der Waals surface area (Å²) in [7, 11) is 0. The van der Waals surface area contributed by atoms with Crippen molar-refractivity contribution in [2.24, 2.45) is 5.92 Å². The first-order valence-electron chi connectivity index (χ1n) is 7.52. The molecule has 2 aromatic rings. The first-order chi connectivity index (χ1) is 9.65. The highest BCUT2D eigenvalue weighted by atomic mass is 16.1. The average molecular weight is 272 g/mol. The summed E-state index contributed by atoms with van der Waals surface area (Å²) in [6, 6.07) is 8.07. The predicted molar refractivity (Wildman–Crippen MR) is 85.0 cm³/mol. The number of hydrogen-bond donors (Lipinski definition) is 2. The van der Waals surface area contributed by atoms with E-state index in [9.17, 15) is 4.79 Å². The minimum atomic E-state index is 0.123. The van der Waals surface area contributed by atoms with Crippen molar-refractivity contribution in [2.75, 3.05) is 5.32 Å². The Balaban J connectivity index is 2.11. The van der Waals surface area contributed by atoms with Crippen LogP contribution < -0.4 is 5.32 Å². The summed E-state index contributed by atoms with van der Waals surface area (Å²) in [6.45, 7) is 6.33. The molecule has 0 saturated carbocycles. The van der Waals surface area contributed by atoms with Gasteiger partial charge in [-0.05, 0) is 18.9 Å². The van der Waals surface area contributed by atoms with Gasteiger partial charge in [0.2, 0.25) is 5.91 Å². The van der Waals surface area contributed by atoms with Crippen molar-refractivity contribution >= 4 is 22.5 Å². The van der Waals surface area contributed by atoms with Gasteiger partial charge in [0.05, 0.1) is 5.69 Å². The van der Waals surface area contributed by atoms with Gasteiger partial charge in [0.1, 0.15) is 0 Å². The van der Waals surface area contributed by atoms with Gasteiger partial charge in [-0.3, -0.25) is 4.79 Å². The number of amides is 1. The van der Waals surface area contributed by atoms with Gasteiger partial charge in [-0.2, -0.15) is 0 Å². The minimum absolute atomic E-state index is 0.123. The molecule has 108 valence electrons. The second-order valence-electron chi connectivity index (χ2n) is 5.49. The molecule has 3 heteroatoms. The van der Waals surface area contributed by atoms with E-state index >= 15 is 0 Å². The van der Waals surface area contributed by atoms with E-state index in [-0.39, 0.29) is 5.91 Å². The third-order valence-electron chi connectivity index (χ3n) is 3.91. The third-order valence-corrected chi connectivity index (χ3v) is 3.91. The molecule has 1 aromatic carbocycles. The van der Waals surface area contributed by atoms with E-state index in [1.165, 1.54) is 0 Å². The molecule has 0 aliphatic heterocycles. The maximum absolute atomic E-state index is 12.2. The van der Waals surface area contributed by atoms with Gasteiger partial charge in [-0.25, -0.2) is 0 Å². The Morgan fingerprint density at radius 1 is 1.30 bits per heavy atom. The molecule has 20 heavy (non-hydrogen) atoms. The standard InChI is InChI=1S/C17H24N2O/c1-4-8-13(5-2)11-16(20)19-17-12(3)18-15-10-7-6-9-14(15)17/h6-7,9-10,13,18H,4-5,8,11H2,1-3H3,(H,19,20). The molecule has 0 fully saturated rings. The molecule has 3 nitrogen and oxygen atoms in total. The fourth-order valence-corrected chi connectivity index (χ4v) is 2.75. The fraction of sp³-hybridized carbons (Fsp3) is 0.471. The molecule has 2 N–H and O–H groups in total. The maximum atomic E-state index is 12.2. The van der Waals surface area contributed by atoms with Crippen molar-refractivity contribution in [3.8, 4) is 0 Å². The van der Waals surface area contributed by atoms with Crippen molar-refractivity contribution in [2.45, 2.75) is 46.5 Å². The van der Waals surface area contributed by atoms with Crippen LogP contribution in [0.15, 0.2) is 24.3 Å². The van der Waals surface area contributed by atoms with E-state index in [0.29, 0.717) is 12.3 Å². The van der Waals surface area contributed by atoms with Gasteiger partial charge in [0.15, 0.2) is 0 Å². The highest BCUT2D eigenvalue weighted by Gasteiger charge is 2.14. The smallest absolute Gasteiger partial charge is 0.224 e. The minimum Gasteiger partial charge on any atom is -0.357 e. The normalized spacial score (nSPS) is 12.6. The zero-order valence-corrected chi connectivity index (χ0v) is 12.6. The van der Waals surface area contributed by atoms with E-state index < -0.39 is 0 Å². The largest absolute Gasteiger partial charge is 0.357 e. The lowest BCUT2D eigenvalue weighted by molar-refractivity contribution is -0.117. The SMILES string of the molecule is CCCC(CC)CC(=O)Nc1c(C)[nH]c2ccccc12. The zero-order valence-electron chi connectivity index (χ0n) is 12.6. The van der Waals surface area contributed by atoms with Gasteiger partial charge in [0.25, 0.3) is 0 Å². The van der Waals surface area contributed by atoms with Crippen molar-refractivity contribution < 1.29 is 4.79 Å². The molecule has 1 heterocycles. The van der Waals surface area contributed by atoms with Crippen LogP contribution in [-0.4, -0.2) is 10.9 Å². The molecule has 0 bridgehead atoms. The Labute approximate surface area is 120 Å². The Kier molecular flexibility index (Phi) is 4.83. The van der Waals surface area contributed by atoms with Crippen molar-refractivity contribution in [1.29, 1.82) is 0 Å². The third kappa shape index (κ3) is 3.21. The number of aromatic amines is 1. The molecule has 1 atom stereocenters. The van der Waals surface area contributed by atoms with Gasteiger partial charge in [0, 0.05) is 23.0 Å². The number of hydrogen-bond acceptors (Lipinski definition) is 1. The van der Waals surface area contributed by atoms with Crippen LogP contribution in [0.1, 0.15) is 45.2 Å². The van der Waals surface area contributed by atoms with Crippen LogP contribution in [0.4, 0.5) is 5.69 Å². The summed E-state index contributed by atoms with van der Waals surface area (Å²) >= 11 is 0. The van der Waals surface area contributed by atoms with Crippen molar-refractivity contribution in [3.05, 3.63) is 30.0 Å². The van der Waals surface area contributed by atoms with E-state index in [1.807, 2.05) is 31.2 Å². The first kappa shape index (κ1) is 14.6. The maximum Gasteiger partial charge on any atom is 0.224 e. The lowest BCUT2D eigenvalue weighted by Crippen LogP contribution is -2.16. The lowest BCUT2D eigenvalue weighted by Gasteiger charge is -2.13. The number of anilines is 1. The summed E-state index contributed by atoms with van der Waals surface area (Å²) in [5.41, 5.74) is 3.01. The van der Waals surface area contributed by atoms with Crippen molar-refractivity contribution in [3.63, 3.8) is 0 Å². The number of carbonyl (C=O) groups excluding carboxylic acids is 1. The number of aromatic nitrogens is 1. The second-order valence-corrected chi connectivity index (χ2v) is 5.49. The molecule has 0 spiro atoms. The van der Waals surface area contributed by atoms with Gasteiger partial charge in [-0.15, -0.1) is 0 Å². The van der Waals surface area contributed by atoms with Gasteiger partial charge < -0.3 is 10.3 Å². The van der Waals surface area contributed by atoms with E-state index in [2.05, 4.69) is 24.1 Å². The molecule has 2 rings (SSSR count). The first-order valence-corrected chi connectivity index (χ1v) is 7.52. The summed E-state index contributed by atoms with van der Waals surface area (Å²) in [5.74, 6) is 0.615. The topological polar surface area (TPSA) is 44.9 Å².